The molecule has 0 aliphatic carbocycles. The van der Waals surface area contributed by atoms with Crippen molar-refractivity contribution in [3.05, 3.63) is 72.8 Å². The van der Waals surface area contributed by atoms with Crippen LogP contribution in [0.1, 0.15) is 19.3 Å². The van der Waals surface area contributed by atoms with Gasteiger partial charge >= 0.3 is 0 Å². The number of fused-ring (bicyclic) bond motifs is 1. The van der Waals surface area contributed by atoms with Crippen LogP contribution in [-0.2, 0) is 4.79 Å². The van der Waals surface area contributed by atoms with Crippen molar-refractivity contribution in [1.29, 1.82) is 0 Å². The number of nitrogens with one attached hydrogen (secondary N) is 1. The zero-order valence-electron chi connectivity index (χ0n) is 18.8. The number of carbonyl (C=O) groups excluding carboxylic acids is 1. The fourth-order valence-corrected chi connectivity index (χ4v) is 4.18. The van der Waals surface area contributed by atoms with Crippen LogP contribution < -0.4 is 10.1 Å². The van der Waals surface area contributed by atoms with E-state index in [2.05, 4.69) is 15.5 Å². The monoisotopic (exact) mass is 454 g/mol. The summed E-state index contributed by atoms with van der Waals surface area (Å²) < 4.78 is 5.74. The van der Waals surface area contributed by atoms with E-state index in [-0.39, 0.29) is 18.3 Å². The van der Waals surface area contributed by atoms with Gasteiger partial charge < -0.3 is 20.1 Å². The van der Waals surface area contributed by atoms with Gasteiger partial charge in [0.1, 0.15) is 17.2 Å². The van der Waals surface area contributed by atoms with Gasteiger partial charge in [-0.2, -0.15) is 0 Å². The Morgan fingerprint density at radius 2 is 1.59 bits per heavy atom. The average Bonchev–Trinajstić information content (AvgIpc) is 2.90. The van der Waals surface area contributed by atoms with Crippen LogP contribution in [0.15, 0.2) is 72.8 Å². The molecule has 0 spiro atoms. The van der Waals surface area contributed by atoms with E-state index < -0.39 is 0 Å². The molecule has 1 amide bonds. The number of nitrogens with zero attached hydrogens (tertiary/aromatic N) is 3. The fraction of sp³-hybridized carbons (Fsp3) is 0.222. The third kappa shape index (κ3) is 4.78. The number of carbonyl (C=O) groups is 1. The van der Waals surface area contributed by atoms with Crippen molar-refractivity contribution in [3.8, 4) is 22.8 Å². The Bertz CT molecular complexity index is 1280. The summed E-state index contributed by atoms with van der Waals surface area (Å²) in [7, 11) is 0. The smallest absolute Gasteiger partial charge is 0.260 e. The molecule has 7 heteroatoms. The Labute approximate surface area is 198 Å². The number of likely N-dealkylation sites (tertiary alicyclic amines) is 1. The largest absolute Gasteiger partial charge is 0.508 e. The lowest BCUT2D eigenvalue weighted by atomic mass is 10.0. The molecular weight excluding hydrogens is 428 g/mol. The predicted octanol–water partition coefficient (Wildman–Crippen LogP) is 5.14. The second-order valence-corrected chi connectivity index (χ2v) is 8.37. The van der Waals surface area contributed by atoms with Gasteiger partial charge in [0.2, 0.25) is 0 Å². The molecule has 1 aromatic heterocycles. The van der Waals surface area contributed by atoms with E-state index in [4.69, 9.17) is 4.74 Å². The van der Waals surface area contributed by atoms with Crippen molar-refractivity contribution in [2.75, 3.05) is 25.0 Å². The van der Waals surface area contributed by atoms with Crippen molar-refractivity contribution >= 4 is 28.2 Å². The number of phenolic OH excluding ortho intramolecular Hbond substituents is 1. The minimum absolute atomic E-state index is 0.0392. The van der Waals surface area contributed by atoms with Crippen molar-refractivity contribution in [3.63, 3.8) is 0 Å². The number of ether oxygens (including phenoxy) is 1. The summed E-state index contributed by atoms with van der Waals surface area (Å²) in [6, 6.07) is 22.4. The molecule has 1 fully saturated rings. The highest BCUT2D eigenvalue weighted by Crippen LogP contribution is 2.32. The second kappa shape index (κ2) is 9.79. The van der Waals surface area contributed by atoms with E-state index in [1.807, 2.05) is 53.4 Å². The van der Waals surface area contributed by atoms with Crippen LogP contribution in [0.4, 0.5) is 11.5 Å². The summed E-state index contributed by atoms with van der Waals surface area (Å²) in [4.78, 5) is 14.2. The lowest BCUT2D eigenvalue weighted by molar-refractivity contribution is -0.134. The molecule has 1 saturated heterocycles. The Kier molecular flexibility index (Phi) is 6.25. The van der Waals surface area contributed by atoms with Gasteiger partial charge in [0.05, 0.1) is 0 Å². The maximum atomic E-state index is 12.4. The number of rotatable bonds is 6. The summed E-state index contributed by atoms with van der Waals surface area (Å²) in [6.45, 7) is 1.70. The number of hydrogen-bond donors (Lipinski definition) is 2. The van der Waals surface area contributed by atoms with Gasteiger partial charge in [0.15, 0.2) is 12.4 Å². The zero-order valence-corrected chi connectivity index (χ0v) is 18.8. The zero-order chi connectivity index (χ0) is 23.3. The third-order valence-electron chi connectivity index (χ3n) is 6.02. The highest BCUT2D eigenvalue weighted by Gasteiger charge is 2.17. The normalized spacial score (nSPS) is 13.6. The second-order valence-electron chi connectivity index (χ2n) is 8.37. The van der Waals surface area contributed by atoms with Gasteiger partial charge in [-0.15, -0.1) is 10.2 Å². The molecule has 172 valence electrons. The first kappa shape index (κ1) is 21.7. The molecule has 0 bridgehead atoms. The summed E-state index contributed by atoms with van der Waals surface area (Å²) in [5, 5.41) is 23.6. The van der Waals surface area contributed by atoms with Gasteiger partial charge in [0, 0.05) is 35.1 Å². The van der Waals surface area contributed by atoms with Crippen LogP contribution in [0.2, 0.25) is 0 Å². The Morgan fingerprint density at radius 1 is 0.882 bits per heavy atom. The Balaban J connectivity index is 1.33. The van der Waals surface area contributed by atoms with E-state index in [0.717, 1.165) is 53.6 Å². The Hall–Kier alpha value is -4.13. The van der Waals surface area contributed by atoms with E-state index in [1.165, 1.54) is 6.42 Å². The molecule has 0 atom stereocenters. The summed E-state index contributed by atoms with van der Waals surface area (Å²) in [5.74, 6) is 1.54. The molecule has 2 N–H and O–H groups in total. The average molecular weight is 455 g/mol. The van der Waals surface area contributed by atoms with E-state index >= 15 is 0 Å². The molecule has 1 aliphatic rings. The minimum atomic E-state index is 0.0392. The van der Waals surface area contributed by atoms with Crippen LogP contribution in [-0.4, -0.2) is 45.8 Å². The van der Waals surface area contributed by atoms with Crippen LogP contribution in [0.25, 0.3) is 22.0 Å². The van der Waals surface area contributed by atoms with Crippen molar-refractivity contribution in [2.24, 2.45) is 0 Å². The molecular formula is C27H26N4O3. The van der Waals surface area contributed by atoms with Crippen LogP contribution in [0.3, 0.4) is 0 Å². The Morgan fingerprint density at radius 3 is 2.32 bits per heavy atom. The van der Waals surface area contributed by atoms with Gasteiger partial charge in [0.25, 0.3) is 5.91 Å². The highest BCUT2D eigenvalue weighted by atomic mass is 16.5. The first-order valence-electron chi connectivity index (χ1n) is 11.5. The molecule has 5 rings (SSSR count). The van der Waals surface area contributed by atoms with Gasteiger partial charge in [-0.3, -0.25) is 4.79 Å². The maximum absolute atomic E-state index is 12.4. The topological polar surface area (TPSA) is 87.6 Å². The number of aromatic hydroxyl groups is 1. The van der Waals surface area contributed by atoms with Crippen molar-refractivity contribution in [1.82, 2.24) is 15.1 Å². The molecule has 0 radical (unpaired) electrons. The molecule has 7 nitrogen and oxygen atoms in total. The van der Waals surface area contributed by atoms with E-state index in [1.54, 1.807) is 24.3 Å². The number of amides is 1. The molecule has 34 heavy (non-hydrogen) atoms. The summed E-state index contributed by atoms with van der Waals surface area (Å²) in [5.41, 5.74) is 2.49. The van der Waals surface area contributed by atoms with E-state index in [0.29, 0.717) is 11.6 Å². The number of hydrogen-bond acceptors (Lipinski definition) is 6. The number of benzene rings is 3. The third-order valence-corrected chi connectivity index (χ3v) is 6.02. The molecule has 0 saturated carbocycles. The molecule has 3 aromatic carbocycles. The van der Waals surface area contributed by atoms with Gasteiger partial charge in [-0.05, 0) is 67.8 Å². The SMILES string of the molecule is O=C(COc1ccc(-c2nnc(Nc3ccc(O)cc3)c3ccccc23)cc1)N1CCCCC1. The van der Waals surface area contributed by atoms with Crippen molar-refractivity contribution in [2.45, 2.75) is 19.3 Å². The summed E-state index contributed by atoms with van der Waals surface area (Å²) >= 11 is 0. The first-order valence-corrected chi connectivity index (χ1v) is 11.5. The molecule has 4 aromatic rings. The van der Waals surface area contributed by atoms with Crippen LogP contribution in [0.5, 0.6) is 11.5 Å². The number of aromatic nitrogens is 2. The van der Waals surface area contributed by atoms with Gasteiger partial charge in [-0.1, -0.05) is 24.3 Å². The minimum Gasteiger partial charge on any atom is -0.508 e. The lowest BCUT2D eigenvalue weighted by Crippen LogP contribution is -2.38. The number of phenols is 1. The predicted molar refractivity (Wildman–Crippen MR) is 132 cm³/mol. The molecule has 2 heterocycles. The number of anilines is 2. The molecule has 1 aliphatic heterocycles. The molecule has 0 unspecified atom stereocenters. The van der Waals surface area contributed by atoms with E-state index in [9.17, 15) is 9.90 Å². The summed E-state index contributed by atoms with van der Waals surface area (Å²) in [6.07, 6.45) is 3.33. The fourth-order valence-electron chi connectivity index (χ4n) is 4.18. The quantitative estimate of drug-likeness (QED) is 0.393. The highest BCUT2D eigenvalue weighted by molar-refractivity contribution is 6.00. The standard InChI is InChI=1S/C27H26N4O3/c32-21-12-10-20(11-13-21)28-27-24-7-3-2-6-23(24)26(29-30-27)19-8-14-22(15-9-19)34-18-25(33)31-16-4-1-5-17-31/h2-3,6-15,32H,1,4-5,16-18H2,(H,28,30). The van der Waals surface area contributed by atoms with Crippen molar-refractivity contribution < 1.29 is 14.6 Å². The van der Waals surface area contributed by atoms with Gasteiger partial charge in [-0.25, -0.2) is 0 Å². The van der Waals surface area contributed by atoms with Crippen LogP contribution in [0, 0.1) is 0 Å². The first-order chi connectivity index (χ1) is 16.7. The number of piperidine rings is 1. The lowest BCUT2D eigenvalue weighted by Gasteiger charge is -2.26. The van der Waals surface area contributed by atoms with Crippen LogP contribution >= 0.6 is 0 Å². The maximum Gasteiger partial charge on any atom is 0.260 e.